The summed E-state index contributed by atoms with van der Waals surface area (Å²) in [4.78, 5) is 2.27. The molecular formula is C14H23FN2S. The molecule has 0 amide bonds. The van der Waals surface area contributed by atoms with Crippen LogP contribution in [0.15, 0.2) is 18.2 Å². The number of thioether (sulfide) groups is 1. The van der Waals surface area contributed by atoms with E-state index in [-0.39, 0.29) is 5.82 Å². The minimum absolute atomic E-state index is 0.171. The molecule has 0 radical (unpaired) electrons. The highest BCUT2D eigenvalue weighted by molar-refractivity contribution is 7.98. The van der Waals surface area contributed by atoms with E-state index >= 15 is 0 Å². The minimum Gasteiger partial charge on any atom is -0.371 e. The quantitative estimate of drug-likeness (QED) is 0.819. The summed E-state index contributed by atoms with van der Waals surface area (Å²) in [6.45, 7) is 2.88. The Morgan fingerprint density at radius 2 is 2.17 bits per heavy atom. The van der Waals surface area contributed by atoms with Crippen LogP contribution in [0.1, 0.15) is 18.9 Å². The van der Waals surface area contributed by atoms with Crippen LogP contribution in [0, 0.1) is 5.82 Å². The molecule has 0 aliphatic heterocycles. The first-order valence-electron chi connectivity index (χ1n) is 6.28. The van der Waals surface area contributed by atoms with Crippen molar-refractivity contribution in [2.75, 3.05) is 31.0 Å². The number of benzene rings is 1. The second-order valence-corrected chi connectivity index (χ2v) is 5.34. The SMILES string of the molecule is CCC(CSC)N(C)c1ccc(F)cc1CNC. The second-order valence-electron chi connectivity index (χ2n) is 4.43. The Kier molecular flexibility index (Phi) is 6.50. The summed E-state index contributed by atoms with van der Waals surface area (Å²) in [7, 11) is 3.98. The third-order valence-corrected chi connectivity index (χ3v) is 3.88. The maximum atomic E-state index is 13.3. The van der Waals surface area contributed by atoms with Crippen LogP contribution in [0.2, 0.25) is 0 Å². The van der Waals surface area contributed by atoms with Crippen LogP contribution in [0.4, 0.5) is 10.1 Å². The van der Waals surface area contributed by atoms with E-state index in [0.29, 0.717) is 12.6 Å². The first kappa shape index (κ1) is 15.3. The van der Waals surface area contributed by atoms with E-state index in [1.807, 2.05) is 24.9 Å². The molecule has 1 aromatic rings. The Balaban J connectivity index is 2.98. The van der Waals surface area contributed by atoms with E-state index in [0.717, 1.165) is 23.4 Å². The smallest absolute Gasteiger partial charge is 0.123 e. The van der Waals surface area contributed by atoms with Crippen molar-refractivity contribution in [2.24, 2.45) is 0 Å². The third-order valence-electron chi connectivity index (χ3n) is 3.17. The Hall–Kier alpha value is -0.740. The fraction of sp³-hybridized carbons (Fsp3) is 0.571. The second kappa shape index (κ2) is 7.64. The van der Waals surface area contributed by atoms with Gasteiger partial charge in [-0.3, -0.25) is 0 Å². The molecule has 102 valence electrons. The molecule has 0 aliphatic carbocycles. The van der Waals surface area contributed by atoms with Crippen molar-refractivity contribution in [2.45, 2.75) is 25.9 Å². The van der Waals surface area contributed by atoms with Gasteiger partial charge >= 0.3 is 0 Å². The first-order valence-corrected chi connectivity index (χ1v) is 7.68. The van der Waals surface area contributed by atoms with Gasteiger partial charge in [-0.1, -0.05) is 6.92 Å². The van der Waals surface area contributed by atoms with Crippen LogP contribution >= 0.6 is 11.8 Å². The highest BCUT2D eigenvalue weighted by atomic mass is 32.2. The largest absolute Gasteiger partial charge is 0.371 e. The monoisotopic (exact) mass is 270 g/mol. The van der Waals surface area contributed by atoms with E-state index in [2.05, 4.69) is 30.4 Å². The third kappa shape index (κ3) is 3.89. The summed E-state index contributed by atoms with van der Waals surface area (Å²) >= 11 is 1.85. The molecule has 1 rings (SSSR count). The van der Waals surface area contributed by atoms with Gasteiger partial charge < -0.3 is 10.2 Å². The molecule has 0 bridgehead atoms. The van der Waals surface area contributed by atoms with Gasteiger partial charge in [0.25, 0.3) is 0 Å². The summed E-state index contributed by atoms with van der Waals surface area (Å²) in [5, 5.41) is 3.10. The van der Waals surface area contributed by atoms with Gasteiger partial charge in [0.1, 0.15) is 5.82 Å². The zero-order chi connectivity index (χ0) is 13.5. The highest BCUT2D eigenvalue weighted by Crippen LogP contribution is 2.24. The van der Waals surface area contributed by atoms with E-state index in [1.54, 1.807) is 6.07 Å². The lowest BCUT2D eigenvalue weighted by atomic mass is 10.1. The molecule has 1 aromatic carbocycles. The van der Waals surface area contributed by atoms with Gasteiger partial charge in [-0.2, -0.15) is 11.8 Å². The lowest BCUT2D eigenvalue weighted by Crippen LogP contribution is -2.34. The van der Waals surface area contributed by atoms with Crippen LogP contribution < -0.4 is 10.2 Å². The summed E-state index contributed by atoms with van der Waals surface area (Å²) in [6.07, 6.45) is 3.21. The molecule has 0 saturated heterocycles. The molecule has 0 fully saturated rings. The zero-order valence-corrected chi connectivity index (χ0v) is 12.5. The standard InChI is InChI=1S/C14H23FN2S/c1-5-13(10-18-4)17(3)14-7-6-12(15)8-11(14)9-16-2/h6-8,13,16H,5,9-10H2,1-4H3. The van der Waals surface area contributed by atoms with E-state index < -0.39 is 0 Å². The molecule has 0 saturated carbocycles. The molecule has 0 spiro atoms. The normalized spacial score (nSPS) is 12.5. The van der Waals surface area contributed by atoms with Crippen LogP contribution in [0.3, 0.4) is 0 Å². The molecule has 0 aliphatic rings. The lowest BCUT2D eigenvalue weighted by molar-refractivity contribution is 0.620. The number of nitrogens with zero attached hydrogens (tertiary/aromatic N) is 1. The minimum atomic E-state index is -0.171. The Morgan fingerprint density at radius 1 is 1.44 bits per heavy atom. The van der Waals surface area contributed by atoms with Gasteiger partial charge in [0, 0.05) is 31.1 Å². The predicted molar refractivity (Wildman–Crippen MR) is 80.0 cm³/mol. The number of hydrogen-bond acceptors (Lipinski definition) is 3. The first-order chi connectivity index (χ1) is 8.63. The highest BCUT2D eigenvalue weighted by Gasteiger charge is 2.15. The van der Waals surface area contributed by atoms with Gasteiger partial charge in [0.2, 0.25) is 0 Å². The van der Waals surface area contributed by atoms with Crippen LogP contribution in [-0.4, -0.2) is 32.1 Å². The maximum Gasteiger partial charge on any atom is 0.123 e. The van der Waals surface area contributed by atoms with Crippen molar-refractivity contribution >= 4 is 17.4 Å². The lowest BCUT2D eigenvalue weighted by Gasteiger charge is -2.30. The predicted octanol–water partition coefficient (Wildman–Crippen LogP) is 3.12. The van der Waals surface area contributed by atoms with Gasteiger partial charge in [0.15, 0.2) is 0 Å². The fourth-order valence-electron chi connectivity index (χ4n) is 2.12. The summed E-state index contributed by atoms with van der Waals surface area (Å²) in [6, 6.07) is 5.52. The van der Waals surface area contributed by atoms with Crippen LogP contribution in [0.25, 0.3) is 0 Å². The Labute approximate surface area is 114 Å². The Morgan fingerprint density at radius 3 is 2.72 bits per heavy atom. The van der Waals surface area contributed by atoms with E-state index in [4.69, 9.17) is 0 Å². The number of anilines is 1. The van der Waals surface area contributed by atoms with Crippen LogP contribution in [0.5, 0.6) is 0 Å². The average molecular weight is 270 g/mol. The zero-order valence-electron chi connectivity index (χ0n) is 11.7. The number of rotatable bonds is 7. The van der Waals surface area contributed by atoms with Crippen molar-refractivity contribution in [3.05, 3.63) is 29.6 Å². The topological polar surface area (TPSA) is 15.3 Å². The number of hydrogen-bond donors (Lipinski definition) is 1. The van der Waals surface area contributed by atoms with Crippen molar-refractivity contribution in [3.8, 4) is 0 Å². The van der Waals surface area contributed by atoms with Gasteiger partial charge in [-0.05, 0) is 43.5 Å². The van der Waals surface area contributed by atoms with E-state index in [9.17, 15) is 4.39 Å². The molecule has 4 heteroatoms. The van der Waals surface area contributed by atoms with Gasteiger partial charge in [-0.25, -0.2) is 4.39 Å². The molecule has 1 atom stereocenters. The van der Waals surface area contributed by atoms with Crippen molar-refractivity contribution in [3.63, 3.8) is 0 Å². The molecule has 0 aromatic heterocycles. The maximum absolute atomic E-state index is 13.3. The number of nitrogens with one attached hydrogen (secondary N) is 1. The number of halogens is 1. The van der Waals surface area contributed by atoms with Crippen molar-refractivity contribution in [1.29, 1.82) is 0 Å². The summed E-state index contributed by atoms with van der Waals surface area (Å²) < 4.78 is 13.3. The fourth-order valence-corrected chi connectivity index (χ4v) is 2.97. The molecular weight excluding hydrogens is 247 g/mol. The molecule has 0 heterocycles. The van der Waals surface area contributed by atoms with Crippen LogP contribution in [-0.2, 0) is 6.54 Å². The molecule has 1 N–H and O–H groups in total. The van der Waals surface area contributed by atoms with Crippen molar-refractivity contribution < 1.29 is 4.39 Å². The van der Waals surface area contributed by atoms with Crippen molar-refractivity contribution in [1.82, 2.24) is 5.32 Å². The summed E-state index contributed by atoms with van der Waals surface area (Å²) in [5.41, 5.74) is 2.13. The van der Waals surface area contributed by atoms with E-state index in [1.165, 1.54) is 6.07 Å². The van der Waals surface area contributed by atoms with Gasteiger partial charge in [-0.15, -0.1) is 0 Å². The van der Waals surface area contributed by atoms with Gasteiger partial charge in [0.05, 0.1) is 0 Å². The Bertz CT molecular complexity index is 371. The molecule has 1 unspecified atom stereocenters. The molecule has 18 heavy (non-hydrogen) atoms. The summed E-state index contributed by atoms with van der Waals surface area (Å²) in [5.74, 6) is 0.916. The molecule has 2 nitrogen and oxygen atoms in total. The average Bonchev–Trinajstić information content (AvgIpc) is 2.36.